The van der Waals surface area contributed by atoms with Gasteiger partial charge in [-0.15, -0.1) is 0 Å². The highest BCUT2D eigenvalue weighted by Gasteiger charge is 2.53. The van der Waals surface area contributed by atoms with Crippen molar-refractivity contribution in [2.45, 2.75) is 12.5 Å². The van der Waals surface area contributed by atoms with Gasteiger partial charge in [-0.2, -0.15) is 0 Å². The van der Waals surface area contributed by atoms with E-state index in [0.29, 0.717) is 5.56 Å². The lowest BCUT2D eigenvalue weighted by molar-refractivity contribution is 0.0217. The predicted octanol–water partition coefficient (Wildman–Crippen LogP) is 4.51. The fourth-order valence-corrected chi connectivity index (χ4v) is 3.83. The van der Waals surface area contributed by atoms with E-state index in [0.717, 1.165) is 28.2 Å². The maximum absolute atomic E-state index is 12.6. The van der Waals surface area contributed by atoms with Crippen LogP contribution in [0.2, 0.25) is 0 Å². The van der Waals surface area contributed by atoms with Gasteiger partial charge in [0, 0.05) is 16.7 Å². The monoisotopic (exact) mass is 328 g/mol. The first-order valence-corrected chi connectivity index (χ1v) is 8.41. The van der Waals surface area contributed by atoms with Crippen molar-refractivity contribution < 1.29 is 14.3 Å². The highest BCUT2D eigenvalue weighted by molar-refractivity contribution is 5.97. The molecule has 0 saturated carbocycles. The molecule has 3 heteroatoms. The minimum atomic E-state index is -0.956. The summed E-state index contributed by atoms with van der Waals surface area (Å²) in [6.07, 6.45) is 8.20. The van der Waals surface area contributed by atoms with Crippen LogP contribution in [-0.2, 0) is 10.3 Å². The number of ether oxygens (including phenoxy) is 2. The number of hydrogen-bond acceptors (Lipinski definition) is 3. The van der Waals surface area contributed by atoms with Crippen molar-refractivity contribution in [3.8, 4) is 5.75 Å². The van der Waals surface area contributed by atoms with Gasteiger partial charge in [0.2, 0.25) is 0 Å². The van der Waals surface area contributed by atoms with E-state index in [1.54, 1.807) is 0 Å². The van der Waals surface area contributed by atoms with Gasteiger partial charge in [-0.05, 0) is 24.1 Å². The number of benzene rings is 2. The maximum Gasteiger partial charge on any atom is 0.340 e. The Hall–Kier alpha value is -3.07. The van der Waals surface area contributed by atoms with Crippen LogP contribution in [0.25, 0.3) is 0 Å². The van der Waals surface area contributed by atoms with E-state index < -0.39 is 5.60 Å². The average molecular weight is 328 g/mol. The van der Waals surface area contributed by atoms with Crippen LogP contribution in [-0.4, -0.2) is 5.97 Å². The molecule has 2 atom stereocenters. The number of rotatable bonds is 0. The molecule has 0 fully saturated rings. The van der Waals surface area contributed by atoms with Crippen molar-refractivity contribution in [3.05, 3.63) is 101 Å². The Labute approximate surface area is 145 Å². The van der Waals surface area contributed by atoms with Crippen LogP contribution in [0.5, 0.6) is 5.75 Å². The van der Waals surface area contributed by atoms with Gasteiger partial charge >= 0.3 is 5.97 Å². The molecule has 0 aromatic heterocycles. The van der Waals surface area contributed by atoms with Gasteiger partial charge in [0.05, 0.1) is 5.56 Å². The summed E-state index contributed by atoms with van der Waals surface area (Å²) in [5.41, 5.74) is 2.25. The number of esters is 1. The van der Waals surface area contributed by atoms with Crippen LogP contribution in [0.3, 0.4) is 0 Å². The maximum atomic E-state index is 12.6. The molecule has 1 spiro atoms. The van der Waals surface area contributed by atoms with Crippen molar-refractivity contribution in [3.63, 3.8) is 0 Å². The van der Waals surface area contributed by atoms with Crippen molar-refractivity contribution in [1.82, 2.24) is 0 Å². The molecule has 5 rings (SSSR count). The van der Waals surface area contributed by atoms with Gasteiger partial charge in [-0.3, -0.25) is 0 Å². The molecule has 0 N–H and O–H groups in total. The Bertz CT molecular complexity index is 996. The van der Waals surface area contributed by atoms with Gasteiger partial charge < -0.3 is 9.47 Å². The summed E-state index contributed by atoms with van der Waals surface area (Å²) in [7, 11) is 0. The standard InChI is InChI=1S/C22H16O3/c1-14-10-12-18-20(13-11-14)24-19-9-5-4-8-17(19)22(18)16-7-3-2-6-15(16)21(23)25-22/h2-14H,1H3. The highest BCUT2D eigenvalue weighted by atomic mass is 16.6. The normalized spacial score (nSPS) is 25.8. The van der Waals surface area contributed by atoms with Crippen LogP contribution < -0.4 is 4.74 Å². The highest BCUT2D eigenvalue weighted by Crippen LogP contribution is 2.54. The molecule has 2 unspecified atom stereocenters. The molecular weight excluding hydrogens is 312 g/mol. The third-order valence-corrected chi connectivity index (χ3v) is 5.02. The number of carbonyl (C=O) groups excluding carboxylic acids is 1. The quantitative estimate of drug-likeness (QED) is 0.668. The molecule has 0 saturated heterocycles. The van der Waals surface area contributed by atoms with Gasteiger partial charge in [-0.25, -0.2) is 4.79 Å². The predicted molar refractivity (Wildman–Crippen MR) is 94.2 cm³/mol. The lowest BCUT2D eigenvalue weighted by Crippen LogP contribution is -2.34. The van der Waals surface area contributed by atoms with Gasteiger partial charge in [-0.1, -0.05) is 61.5 Å². The second-order valence-corrected chi connectivity index (χ2v) is 6.57. The second kappa shape index (κ2) is 4.96. The lowest BCUT2D eigenvalue weighted by atomic mass is 9.77. The van der Waals surface area contributed by atoms with E-state index in [2.05, 4.69) is 19.1 Å². The van der Waals surface area contributed by atoms with Crippen molar-refractivity contribution >= 4 is 5.97 Å². The van der Waals surface area contributed by atoms with Crippen LogP contribution in [0.4, 0.5) is 0 Å². The first kappa shape index (κ1) is 14.3. The number of carbonyl (C=O) groups is 1. The fraction of sp³-hybridized carbons (Fsp3) is 0.136. The van der Waals surface area contributed by atoms with E-state index in [1.807, 2.05) is 60.7 Å². The van der Waals surface area contributed by atoms with E-state index in [4.69, 9.17) is 9.47 Å². The molecule has 2 heterocycles. The first-order valence-electron chi connectivity index (χ1n) is 8.41. The Balaban J connectivity index is 1.88. The topological polar surface area (TPSA) is 35.5 Å². The van der Waals surface area contributed by atoms with E-state index >= 15 is 0 Å². The zero-order valence-electron chi connectivity index (χ0n) is 13.7. The Kier molecular flexibility index (Phi) is 2.84. The number of fused-ring (bicyclic) bond motifs is 5. The lowest BCUT2D eigenvalue weighted by Gasteiger charge is -2.36. The SMILES string of the molecule is CC1C=CC2=C(C=C1)C1(OC(=O)c3ccccc31)c1ccccc1O2. The zero-order chi connectivity index (χ0) is 17.0. The average Bonchev–Trinajstić information content (AvgIpc) is 2.79. The molecule has 2 aromatic rings. The number of hydrogen-bond donors (Lipinski definition) is 0. The fourth-order valence-electron chi connectivity index (χ4n) is 3.83. The van der Waals surface area contributed by atoms with E-state index in [1.165, 1.54) is 0 Å². The van der Waals surface area contributed by atoms with Gasteiger partial charge in [0.15, 0.2) is 5.60 Å². The summed E-state index contributed by atoms with van der Waals surface area (Å²) in [6, 6.07) is 15.4. The Morgan fingerprint density at radius 1 is 0.920 bits per heavy atom. The summed E-state index contributed by atoms with van der Waals surface area (Å²) in [5, 5.41) is 0. The van der Waals surface area contributed by atoms with Crippen LogP contribution in [0, 0.1) is 5.92 Å². The summed E-state index contributed by atoms with van der Waals surface area (Å²) in [5.74, 6) is 1.43. The molecule has 0 amide bonds. The molecule has 2 aromatic carbocycles. The van der Waals surface area contributed by atoms with Crippen molar-refractivity contribution in [2.75, 3.05) is 0 Å². The molecule has 0 radical (unpaired) electrons. The second-order valence-electron chi connectivity index (χ2n) is 6.57. The van der Waals surface area contributed by atoms with Crippen molar-refractivity contribution in [1.29, 1.82) is 0 Å². The summed E-state index contributed by atoms with van der Waals surface area (Å²) < 4.78 is 12.2. The molecule has 3 aliphatic rings. The summed E-state index contributed by atoms with van der Waals surface area (Å²) in [4.78, 5) is 12.6. The molecule has 122 valence electrons. The van der Waals surface area contributed by atoms with Crippen LogP contribution in [0.1, 0.15) is 28.4 Å². The molecular formula is C22H16O3. The number of para-hydroxylation sites is 1. The van der Waals surface area contributed by atoms with E-state index in [9.17, 15) is 4.79 Å². The van der Waals surface area contributed by atoms with Crippen LogP contribution in [0.15, 0.2) is 84.2 Å². The Morgan fingerprint density at radius 2 is 1.64 bits per heavy atom. The smallest absolute Gasteiger partial charge is 0.340 e. The number of allylic oxidation sites excluding steroid dienone is 3. The van der Waals surface area contributed by atoms with Crippen molar-refractivity contribution in [2.24, 2.45) is 5.92 Å². The minimum Gasteiger partial charge on any atom is -0.456 e. The molecule has 2 aliphatic heterocycles. The summed E-state index contributed by atoms with van der Waals surface area (Å²) >= 11 is 0. The third kappa shape index (κ3) is 1.84. The molecule has 3 nitrogen and oxygen atoms in total. The molecule has 0 bridgehead atoms. The minimum absolute atomic E-state index is 0.279. The third-order valence-electron chi connectivity index (χ3n) is 5.02. The van der Waals surface area contributed by atoms with Gasteiger partial charge in [0.25, 0.3) is 0 Å². The van der Waals surface area contributed by atoms with E-state index in [-0.39, 0.29) is 11.9 Å². The van der Waals surface area contributed by atoms with Crippen LogP contribution >= 0.6 is 0 Å². The molecule has 25 heavy (non-hydrogen) atoms. The molecule has 1 aliphatic carbocycles. The zero-order valence-corrected chi connectivity index (χ0v) is 13.7. The largest absolute Gasteiger partial charge is 0.456 e. The Morgan fingerprint density at radius 3 is 2.52 bits per heavy atom. The van der Waals surface area contributed by atoms with Gasteiger partial charge in [0.1, 0.15) is 11.5 Å². The first-order chi connectivity index (χ1) is 12.2. The summed E-state index contributed by atoms with van der Waals surface area (Å²) in [6.45, 7) is 2.11.